The molecule has 4 N–H and O–H groups in total. The van der Waals surface area contributed by atoms with Crippen LogP contribution >= 0.6 is 15.9 Å². The molecule has 2 aliphatic carbocycles. The quantitative estimate of drug-likeness (QED) is 0.0816. The topological polar surface area (TPSA) is 195 Å². The fourth-order valence-electron chi connectivity index (χ4n) is 8.48. The Morgan fingerprint density at radius 2 is 0.878 bits per heavy atom. The average molecular weight is 1130 g/mol. The van der Waals surface area contributed by atoms with Crippen molar-refractivity contribution >= 4 is 46.3 Å². The van der Waals surface area contributed by atoms with E-state index in [0.29, 0.717) is 95.0 Å². The van der Waals surface area contributed by atoms with Crippen LogP contribution in [0.1, 0.15) is 186 Å². The Balaban J connectivity index is 0.000000466. The lowest BCUT2D eigenvalue weighted by atomic mass is 9.82. The van der Waals surface area contributed by atoms with Gasteiger partial charge in [0.05, 0.1) is 16.8 Å². The van der Waals surface area contributed by atoms with Crippen LogP contribution in [0, 0.1) is 10.8 Å². The minimum atomic E-state index is -4.64. The second-order valence-electron chi connectivity index (χ2n) is 25.2. The fourth-order valence-corrected chi connectivity index (χ4v) is 8.48. The summed E-state index contributed by atoms with van der Waals surface area (Å²) in [6, 6.07) is 0. The molecule has 0 atom stereocenters. The molecule has 430 valence electrons. The average Bonchev–Trinajstić information content (AvgIpc) is 4.17. The number of hydrogen-bond donors (Lipinski definition) is 4. The van der Waals surface area contributed by atoms with Crippen LogP contribution in [0.25, 0.3) is 0 Å². The number of carbonyl (C=O) groups is 5. The van der Waals surface area contributed by atoms with Crippen LogP contribution in [0.4, 0.5) is 27.6 Å². The number of halogens is 4. The number of nitrogens with one attached hydrogen (secondary N) is 1. The third-order valence-electron chi connectivity index (χ3n) is 12.9. The molecule has 6 aliphatic rings. The summed E-state index contributed by atoms with van der Waals surface area (Å²) >= 11 is 3.21. The second kappa shape index (κ2) is 28.9. The smallest absolute Gasteiger partial charge is 0.444 e. The van der Waals surface area contributed by atoms with Gasteiger partial charge in [-0.2, -0.15) is 13.2 Å². The monoisotopic (exact) mass is 1120 g/mol. The van der Waals surface area contributed by atoms with Crippen molar-refractivity contribution in [3.8, 4) is 0 Å². The standard InChI is InChI=1S/C15H27NO3.C14H25NO3.C10H17NO3.C10H19NO.C4H7Br.C2HF3O/c1-13(2,3)19-12(17)16-9-7-15(18,8-10-16)11-14(4)5-6-14;1-11(2)10-14(17)6-8-15(9-7-14)12(16)18-13(3,4)5;1-10(2,3)14-9(13)11-6-4-8(12)5-7-11;1-9(2-3-9)8-10(12)4-6-11-7-5-10;1-4(2)3-5;3-2(4,5)1-6/h18H,5-11H2,1-4H3;17H,1,6-10H2,2-5H3;4-7H2,1-3H3;11-12H,2-8H2,1H3;1,3H2,2H3;1H. The fraction of sp³-hybridized carbons (Fsp3) is 0.836. The number of hydrogen-bond acceptors (Lipinski definition) is 12. The van der Waals surface area contributed by atoms with Crippen molar-refractivity contribution in [2.45, 2.75) is 226 Å². The number of piperidine rings is 4. The Kier molecular flexibility index (Phi) is 26.9. The Bertz CT molecular complexity index is 1800. The number of aldehydes is 1. The second-order valence-corrected chi connectivity index (χ2v) is 25.8. The number of ketones is 1. The van der Waals surface area contributed by atoms with E-state index in [4.69, 9.17) is 19.0 Å². The van der Waals surface area contributed by atoms with Gasteiger partial charge in [0.1, 0.15) is 22.6 Å². The number of Topliss-reactive ketones (excluding diaryl/α,β-unsaturated/α-hetero) is 1. The summed E-state index contributed by atoms with van der Waals surface area (Å²) in [5, 5.41) is 35.4. The van der Waals surface area contributed by atoms with E-state index in [9.17, 15) is 47.7 Å². The molecule has 2 saturated carbocycles. The molecule has 4 saturated heterocycles. The first-order valence-electron chi connectivity index (χ1n) is 26.3. The predicted octanol–water partition coefficient (Wildman–Crippen LogP) is 11.2. The SMILES string of the molecule is C=C(C)CBr.C=C(C)CC1(O)CCN(C(=O)OC(C)(C)C)CC1.CC(C)(C)OC(=O)N1CCC(=O)CC1.CC1(CC2(O)CCN(C(=O)OC(C)(C)C)CC2)CC1.CC1(CC2(O)CCNCC2)CC1.O=CC(F)(F)F. The molecule has 4 heterocycles. The van der Waals surface area contributed by atoms with E-state index in [2.05, 4.69) is 48.3 Å². The minimum Gasteiger partial charge on any atom is -0.444 e. The third kappa shape index (κ3) is 31.7. The van der Waals surface area contributed by atoms with E-state index in [1.807, 2.05) is 76.2 Å². The van der Waals surface area contributed by atoms with Crippen molar-refractivity contribution in [2.75, 3.05) is 57.7 Å². The largest absolute Gasteiger partial charge is 0.446 e. The number of carbonyl (C=O) groups excluding carboxylic acids is 5. The molecule has 0 radical (unpaired) electrons. The zero-order valence-electron chi connectivity index (χ0n) is 47.4. The molecule has 15 nitrogen and oxygen atoms in total. The Morgan fingerprint density at radius 3 is 1.14 bits per heavy atom. The highest BCUT2D eigenvalue weighted by Crippen LogP contribution is 2.53. The van der Waals surface area contributed by atoms with Crippen LogP contribution < -0.4 is 5.32 Å². The summed E-state index contributed by atoms with van der Waals surface area (Å²) in [7, 11) is 0. The molecule has 19 heteroatoms. The van der Waals surface area contributed by atoms with Crippen molar-refractivity contribution in [2.24, 2.45) is 10.8 Å². The first kappa shape index (κ1) is 68.8. The number of alkyl halides is 4. The maximum atomic E-state index is 11.9. The van der Waals surface area contributed by atoms with Gasteiger partial charge in [-0.05, 0) is 184 Å². The number of ether oxygens (including phenoxy) is 3. The molecule has 3 amide bonds. The van der Waals surface area contributed by atoms with Gasteiger partial charge in [0, 0.05) is 57.4 Å². The van der Waals surface area contributed by atoms with Crippen molar-refractivity contribution < 1.29 is 66.7 Å². The van der Waals surface area contributed by atoms with Gasteiger partial charge >= 0.3 is 24.5 Å². The van der Waals surface area contributed by atoms with Gasteiger partial charge in [0.25, 0.3) is 0 Å². The zero-order chi connectivity index (χ0) is 57.2. The summed E-state index contributed by atoms with van der Waals surface area (Å²) in [5.74, 6) is 0.227. The van der Waals surface area contributed by atoms with Crippen LogP contribution in [0.2, 0.25) is 0 Å². The van der Waals surface area contributed by atoms with Crippen molar-refractivity contribution in [1.82, 2.24) is 20.0 Å². The van der Waals surface area contributed by atoms with Crippen molar-refractivity contribution in [1.29, 1.82) is 0 Å². The van der Waals surface area contributed by atoms with Gasteiger partial charge in [-0.3, -0.25) is 9.59 Å². The molecular weight excluding hydrogens is 1030 g/mol. The van der Waals surface area contributed by atoms with Gasteiger partial charge in [-0.25, -0.2) is 14.4 Å². The predicted molar refractivity (Wildman–Crippen MR) is 287 cm³/mol. The summed E-state index contributed by atoms with van der Waals surface area (Å²) < 4.78 is 47.1. The summed E-state index contributed by atoms with van der Waals surface area (Å²) in [4.78, 5) is 59.9. The summed E-state index contributed by atoms with van der Waals surface area (Å²) in [6.07, 6.45) is 6.36. The van der Waals surface area contributed by atoms with Gasteiger partial charge in [0.2, 0.25) is 6.29 Å². The van der Waals surface area contributed by atoms with E-state index < -0.39 is 40.5 Å². The van der Waals surface area contributed by atoms with E-state index in [0.717, 1.165) is 49.7 Å². The number of aliphatic hydroxyl groups is 3. The molecule has 0 aromatic carbocycles. The van der Waals surface area contributed by atoms with Crippen molar-refractivity contribution in [3.05, 3.63) is 24.3 Å². The van der Waals surface area contributed by atoms with E-state index >= 15 is 0 Å². The highest BCUT2D eigenvalue weighted by atomic mass is 79.9. The van der Waals surface area contributed by atoms with Gasteiger partial charge in [0.15, 0.2) is 0 Å². The molecule has 0 spiro atoms. The normalized spacial score (nSPS) is 21.1. The summed E-state index contributed by atoms with van der Waals surface area (Å²) in [6.45, 7) is 37.8. The maximum absolute atomic E-state index is 11.9. The molecule has 6 fully saturated rings. The molecule has 6 rings (SSSR count). The van der Waals surface area contributed by atoms with Gasteiger partial charge < -0.3 is 49.5 Å². The maximum Gasteiger partial charge on any atom is 0.446 e. The summed E-state index contributed by atoms with van der Waals surface area (Å²) in [5.41, 5.74) is -0.0133. The van der Waals surface area contributed by atoms with Crippen LogP contribution in [0.3, 0.4) is 0 Å². The zero-order valence-corrected chi connectivity index (χ0v) is 49.0. The Labute approximate surface area is 450 Å². The number of nitrogens with zero attached hydrogens (tertiary/aromatic N) is 3. The molecule has 0 aromatic rings. The lowest BCUT2D eigenvalue weighted by Crippen LogP contribution is -2.48. The van der Waals surface area contributed by atoms with E-state index in [1.54, 1.807) is 14.7 Å². The van der Waals surface area contributed by atoms with Crippen LogP contribution in [0.15, 0.2) is 24.3 Å². The molecular formula is C55H96BrF3N4O11. The molecule has 4 aliphatic heterocycles. The Morgan fingerprint density at radius 1 is 0.595 bits per heavy atom. The van der Waals surface area contributed by atoms with Crippen LogP contribution in [-0.2, 0) is 23.8 Å². The van der Waals surface area contributed by atoms with Crippen LogP contribution in [0.5, 0.6) is 0 Å². The molecule has 0 aromatic heterocycles. The Hall–Kier alpha value is -3.26. The van der Waals surface area contributed by atoms with Crippen LogP contribution in [-0.4, -0.2) is 158 Å². The molecule has 0 unspecified atom stereocenters. The minimum absolute atomic E-state index is 0.227. The first-order valence-corrected chi connectivity index (χ1v) is 27.4. The van der Waals surface area contributed by atoms with Gasteiger partial charge in [-0.1, -0.05) is 47.5 Å². The van der Waals surface area contributed by atoms with Gasteiger partial charge in [-0.15, -0.1) is 6.58 Å². The number of rotatable bonds is 7. The molecule has 74 heavy (non-hydrogen) atoms. The third-order valence-corrected chi connectivity index (χ3v) is 13.9. The highest BCUT2D eigenvalue weighted by molar-refractivity contribution is 9.09. The first-order chi connectivity index (χ1) is 33.6. The van der Waals surface area contributed by atoms with E-state index in [-0.39, 0.29) is 29.7 Å². The van der Waals surface area contributed by atoms with Crippen molar-refractivity contribution in [3.63, 3.8) is 0 Å². The number of amides is 3. The number of allylic oxidation sites excluding steroid dienone is 1. The molecule has 0 bridgehead atoms. The van der Waals surface area contributed by atoms with E-state index in [1.165, 1.54) is 31.3 Å². The highest BCUT2D eigenvalue weighted by Gasteiger charge is 2.47. The lowest BCUT2D eigenvalue weighted by Gasteiger charge is -2.40. The number of likely N-dealkylation sites (tertiary alicyclic amines) is 3. The lowest BCUT2D eigenvalue weighted by molar-refractivity contribution is -0.156.